The van der Waals surface area contributed by atoms with Crippen LogP contribution in [0.4, 0.5) is 0 Å². The van der Waals surface area contributed by atoms with E-state index in [0.29, 0.717) is 19.4 Å². The number of ether oxygens (including phenoxy) is 1. The Morgan fingerprint density at radius 1 is 0.765 bits per heavy atom. The fourth-order valence-electron chi connectivity index (χ4n) is 4.15. The standard InChI is InChI=1S/C29H58N2O3/c1-8-11-14-15-17-20-25(19-16-12-9-2)31-26(32)24-29(6,7)34-23-21-28(4,5)27(33)30-22-18-13-10-3/h25H,8-24H2,1-7H3,(H,30,33)(H,31,32). The summed E-state index contributed by atoms with van der Waals surface area (Å²) in [5.41, 5.74) is -1.03. The lowest BCUT2D eigenvalue weighted by Gasteiger charge is -2.29. The lowest BCUT2D eigenvalue weighted by atomic mass is 9.88. The Morgan fingerprint density at radius 2 is 1.29 bits per heavy atom. The van der Waals surface area contributed by atoms with Crippen LogP contribution in [-0.2, 0) is 14.3 Å². The second-order valence-corrected chi connectivity index (χ2v) is 11.3. The molecule has 2 N–H and O–H groups in total. The number of unbranched alkanes of at least 4 members (excludes halogenated alkanes) is 8. The van der Waals surface area contributed by atoms with Gasteiger partial charge in [-0.05, 0) is 39.5 Å². The Bertz CT molecular complexity index is 531. The number of hydrogen-bond donors (Lipinski definition) is 2. The molecular weight excluding hydrogens is 424 g/mol. The summed E-state index contributed by atoms with van der Waals surface area (Å²) in [6.45, 7) is 15.7. The number of carbonyl (C=O) groups is 2. The Balaban J connectivity index is 4.49. The molecule has 0 rings (SSSR count). The number of rotatable bonds is 22. The van der Waals surface area contributed by atoms with Crippen molar-refractivity contribution in [3.8, 4) is 0 Å². The zero-order valence-corrected chi connectivity index (χ0v) is 23.8. The molecule has 0 radical (unpaired) electrons. The molecule has 1 unspecified atom stereocenters. The van der Waals surface area contributed by atoms with Gasteiger partial charge in [0, 0.05) is 24.6 Å². The first kappa shape index (κ1) is 32.9. The molecule has 0 fully saturated rings. The molecule has 0 heterocycles. The van der Waals surface area contributed by atoms with Gasteiger partial charge in [0.15, 0.2) is 0 Å². The Hall–Kier alpha value is -1.10. The fraction of sp³-hybridized carbons (Fsp3) is 0.931. The minimum atomic E-state index is -0.549. The van der Waals surface area contributed by atoms with Crippen LogP contribution < -0.4 is 10.6 Å². The van der Waals surface area contributed by atoms with Gasteiger partial charge in [0.2, 0.25) is 11.8 Å². The molecule has 0 aromatic heterocycles. The molecule has 34 heavy (non-hydrogen) atoms. The molecule has 0 aromatic carbocycles. The van der Waals surface area contributed by atoms with E-state index in [1.54, 1.807) is 0 Å². The summed E-state index contributed by atoms with van der Waals surface area (Å²) < 4.78 is 6.09. The highest BCUT2D eigenvalue weighted by Gasteiger charge is 2.29. The second kappa shape index (κ2) is 19.1. The van der Waals surface area contributed by atoms with E-state index in [0.717, 1.165) is 38.6 Å². The maximum absolute atomic E-state index is 12.8. The van der Waals surface area contributed by atoms with Gasteiger partial charge in [-0.25, -0.2) is 0 Å². The van der Waals surface area contributed by atoms with E-state index >= 15 is 0 Å². The molecule has 0 aromatic rings. The predicted octanol–water partition coefficient (Wildman–Crippen LogP) is 7.32. The van der Waals surface area contributed by atoms with Gasteiger partial charge >= 0.3 is 0 Å². The molecule has 0 bridgehead atoms. The summed E-state index contributed by atoms with van der Waals surface area (Å²) in [6, 6.07) is 0.270. The Labute approximate surface area is 211 Å². The molecule has 0 spiro atoms. The summed E-state index contributed by atoms with van der Waals surface area (Å²) in [6.07, 6.45) is 16.3. The zero-order chi connectivity index (χ0) is 25.9. The van der Waals surface area contributed by atoms with E-state index in [1.165, 1.54) is 51.4 Å². The first-order valence-corrected chi connectivity index (χ1v) is 14.3. The summed E-state index contributed by atoms with van der Waals surface area (Å²) in [5.74, 6) is 0.157. The van der Waals surface area contributed by atoms with Gasteiger partial charge in [0.25, 0.3) is 0 Å². The van der Waals surface area contributed by atoms with Crippen molar-refractivity contribution in [2.45, 2.75) is 156 Å². The highest BCUT2D eigenvalue weighted by Crippen LogP contribution is 2.23. The van der Waals surface area contributed by atoms with Crippen LogP contribution in [0.1, 0.15) is 145 Å². The molecule has 5 heteroatoms. The first-order chi connectivity index (χ1) is 16.1. The maximum Gasteiger partial charge on any atom is 0.225 e. The highest BCUT2D eigenvalue weighted by atomic mass is 16.5. The maximum atomic E-state index is 12.8. The van der Waals surface area contributed by atoms with E-state index in [1.807, 2.05) is 27.7 Å². The lowest BCUT2D eigenvalue weighted by Crippen LogP contribution is -2.41. The van der Waals surface area contributed by atoms with Crippen LogP contribution in [0.15, 0.2) is 0 Å². The van der Waals surface area contributed by atoms with Gasteiger partial charge in [0.1, 0.15) is 0 Å². The molecule has 5 nitrogen and oxygen atoms in total. The third kappa shape index (κ3) is 17.4. The number of amides is 2. The van der Waals surface area contributed by atoms with E-state index in [9.17, 15) is 9.59 Å². The van der Waals surface area contributed by atoms with E-state index < -0.39 is 11.0 Å². The van der Waals surface area contributed by atoms with Crippen molar-refractivity contribution >= 4 is 11.8 Å². The van der Waals surface area contributed by atoms with Crippen molar-refractivity contribution < 1.29 is 14.3 Å². The van der Waals surface area contributed by atoms with Crippen molar-refractivity contribution in [3.63, 3.8) is 0 Å². The molecule has 2 amide bonds. The van der Waals surface area contributed by atoms with Gasteiger partial charge in [-0.15, -0.1) is 0 Å². The molecule has 202 valence electrons. The SMILES string of the molecule is CCCCCCCC(CCCCC)NC(=O)CC(C)(C)OCCC(C)(C)C(=O)NCCCCC. The van der Waals surface area contributed by atoms with Crippen molar-refractivity contribution in [1.82, 2.24) is 10.6 Å². The van der Waals surface area contributed by atoms with Crippen molar-refractivity contribution in [2.24, 2.45) is 5.41 Å². The lowest BCUT2D eigenvalue weighted by molar-refractivity contribution is -0.134. The van der Waals surface area contributed by atoms with Crippen LogP contribution in [0, 0.1) is 5.41 Å². The van der Waals surface area contributed by atoms with E-state index in [4.69, 9.17) is 4.74 Å². The first-order valence-electron chi connectivity index (χ1n) is 14.3. The van der Waals surface area contributed by atoms with Gasteiger partial charge < -0.3 is 15.4 Å². The molecule has 0 aliphatic heterocycles. The van der Waals surface area contributed by atoms with Gasteiger partial charge in [-0.2, -0.15) is 0 Å². The van der Waals surface area contributed by atoms with Gasteiger partial charge in [-0.3, -0.25) is 9.59 Å². The van der Waals surface area contributed by atoms with Crippen molar-refractivity contribution in [3.05, 3.63) is 0 Å². The highest BCUT2D eigenvalue weighted by molar-refractivity contribution is 5.81. The zero-order valence-electron chi connectivity index (χ0n) is 23.8. The van der Waals surface area contributed by atoms with E-state index in [-0.39, 0.29) is 17.9 Å². The summed E-state index contributed by atoms with van der Waals surface area (Å²) in [4.78, 5) is 25.3. The number of carbonyl (C=O) groups excluding carboxylic acids is 2. The van der Waals surface area contributed by atoms with Gasteiger partial charge in [0.05, 0.1) is 12.0 Å². The third-order valence-corrected chi connectivity index (χ3v) is 6.66. The van der Waals surface area contributed by atoms with Crippen LogP contribution >= 0.6 is 0 Å². The average molecular weight is 483 g/mol. The average Bonchev–Trinajstić information content (AvgIpc) is 2.75. The minimum Gasteiger partial charge on any atom is -0.375 e. The topological polar surface area (TPSA) is 67.4 Å². The monoisotopic (exact) mass is 482 g/mol. The Morgan fingerprint density at radius 3 is 1.91 bits per heavy atom. The predicted molar refractivity (Wildman–Crippen MR) is 145 cm³/mol. The van der Waals surface area contributed by atoms with Crippen LogP contribution in [0.5, 0.6) is 0 Å². The molecule has 0 aliphatic carbocycles. The van der Waals surface area contributed by atoms with Crippen LogP contribution in [-0.4, -0.2) is 36.6 Å². The number of nitrogens with one attached hydrogen (secondary N) is 2. The van der Waals surface area contributed by atoms with Gasteiger partial charge in [-0.1, -0.05) is 98.8 Å². The quantitative estimate of drug-likeness (QED) is 0.159. The third-order valence-electron chi connectivity index (χ3n) is 6.66. The smallest absolute Gasteiger partial charge is 0.225 e. The molecule has 0 aliphatic rings. The second-order valence-electron chi connectivity index (χ2n) is 11.3. The van der Waals surface area contributed by atoms with Crippen LogP contribution in [0.3, 0.4) is 0 Å². The fourth-order valence-corrected chi connectivity index (χ4v) is 4.15. The van der Waals surface area contributed by atoms with Crippen molar-refractivity contribution in [2.75, 3.05) is 13.2 Å². The number of hydrogen-bond acceptors (Lipinski definition) is 3. The van der Waals surface area contributed by atoms with Crippen LogP contribution in [0.25, 0.3) is 0 Å². The summed E-state index contributed by atoms with van der Waals surface area (Å²) in [7, 11) is 0. The molecular formula is C29H58N2O3. The molecule has 0 saturated heterocycles. The van der Waals surface area contributed by atoms with E-state index in [2.05, 4.69) is 31.4 Å². The van der Waals surface area contributed by atoms with Crippen LogP contribution in [0.2, 0.25) is 0 Å². The largest absolute Gasteiger partial charge is 0.375 e. The molecule has 0 saturated carbocycles. The minimum absolute atomic E-state index is 0.0768. The van der Waals surface area contributed by atoms with Crippen molar-refractivity contribution in [1.29, 1.82) is 0 Å². The summed E-state index contributed by atoms with van der Waals surface area (Å²) >= 11 is 0. The Kier molecular flexibility index (Phi) is 18.5. The summed E-state index contributed by atoms with van der Waals surface area (Å²) in [5, 5.41) is 6.35. The molecule has 1 atom stereocenters. The normalized spacial score (nSPS) is 13.0.